The number of nitrogens with one attached hydrogen (secondary N) is 1. The number of amides is 1. The molecule has 7 heteroatoms. The summed E-state index contributed by atoms with van der Waals surface area (Å²) in [5, 5.41) is 11.8. The van der Waals surface area contributed by atoms with Gasteiger partial charge in [-0.05, 0) is 44.3 Å². The molecule has 0 spiro atoms. The molecule has 0 saturated heterocycles. The van der Waals surface area contributed by atoms with Gasteiger partial charge < -0.3 is 19.6 Å². The van der Waals surface area contributed by atoms with E-state index in [1.165, 1.54) is 12.3 Å². The fourth-order valence-electron chi connectivity index (χ4n) is 3.54. The third-order valence-electron chi connectivity index (χ3n) is 4.81. The van der Waals surface area contributed by atoms with Crippen molar-refractivity contribution >= 4 is 28.0 Å². The minimum absolute atomic E-state index is 0.0953. The van der Waals surface area contributed by atoms with E-state index in [0.29, 0.717) is 5.56 Å². The number of carbonyl (C=O) groups is 2. The maximum Gasteiger partial charge on any atom is 0.408 e. The lowest BCUT2D eigenvalue weighted by atomic mass is 9.98. The molecular weight excluding hydrogens is 426 g/mol. The van der Waals surface area contributed by atoms with Crippen LogP contribution in [0.3, 0.4) is 0 Å². The largest absolute Gasteiger partial charge is 0.479 e. The smallest absolute Gasteiger partial charge is 0.408 e. The molecule has 142 valence electrons. The van der Waals surface area contributed by atoms with Crippen molar-refractivity contribution < 1.29 is 23.8 Å². The summed E-state index contributed by atoms with van der Waals surface area (Å²) in [6, 6.07) is 16.2. The van der Waals surface area contributed by atoms with E-state index < -0.39 is 18.1 Å². The second-order valence-corrected chi connectivity index (χ2v) is 7.11. The van der Waals surface area contributed by atoms with E-state index in [4.69, 9.17) is 9.15 Å². The standard InChI is InChI=1S/C21H16BrNO5/c22-19-16(9-10-27-19)18(20(24)25)23-21(26)28-11-17-14-7-3-1-5-12(14)13-6-2-4-8-15(13)17/h1-10,17-18H,11H2,(H,23,26)(H,24,25). The lowest BCUT2D eigenvalue weighted by Crippen LogP contribution is -2.34. The van der Waals surface area contributed by atoms with Gasteiger partial charge in [0.25, 0.3) is 0 Å². The predicted octanol–water partition coefficient (Wildman–Crippen LogP) is 4.71. The van der Waals surface area contributed by atoms with Gasteiger partial charge in [-0.3, -0.25) is 0 Å². The van der Waals surface area contributed by atoms with E-state index in [1.54, 1.807) is 0 Å². The van der Waals surface area contributed by atoms with Gasteiger partial charge in [-0.15, -0.1) is 0 Å². The highest BCUT2D eigenvalue weighted by Gasteiger charge is 2.30. The van der Waals surface area contributed by atoms with Crippen LogP contribution >= 0.6 is 15.9 Å². The summed E-state index contributed by atoms with van der Waals surface area (Å²) < 4.78 is 10.7. The van der Waals surface area contributed by atoms with Crippen LogP contribution in [0.1, 0.15) is 28.7 Å². The predicted molar refractivity (Wildman–Crippen MR) is 105 cm³/mol. The Morgan fingerprint density at radius 3 is 2.21 bits per heavy atom. The molecule has 1 aliphatic rings. The van der Waals surface area contributed by atoms with Crippen LogP contribution in [0.2, 0.25) is 0 Å². The third-order valence-corrected chi connectivity index (χ3v) is 5.45. The Balaban J connectivity index is 1.49. The van der Waals surface area contributed by atoms with Crippen molar-refractivity contribution in [3.8, 4) is 11.1 Å². The number of halogens is 1. The molecule has 6 nitrogen and oxygen atoms in total. The molecule has 4 rings (SSSR count). The van der Waals surface area contributed by atoms with Crippen molar-refractivity contribution in [2.24, 2.45) is 0 Å². The van der Waals surface area contributed by atoms with E-state index in [-0.39, 0.29) is 17.2 Å². The first-order valence-corrected chi connectivity index (χ1v) is 9.42. The van der Waals surface area contributed by atoms with Gasteiger partial charge in [-0.2, -0.15) is 0 Å². The Morgan fingerprint density at radius 2 is 1.68 bits per heavy atom. The summed E-state index contributed by atoms with van der Waals surface area (Å²) in [6.07, 6.45) is 0.539. The van der Waals surface area contributed by atoms with Crippen molar-refractivity contribution in [3.05, 3.63) is 82.2 Å². The maximum absolute atomic E-state index is 12.3. The van der Waals surface area contributed by atoms with Gasteiger partial charge in [-0.25, -0.2) is 9.59 Å². The SMILES string of the molecule is O=C(NC(C(=O)O)c1ccoc1Br)OCC1c2ccccc2-c2ccccc21. The topological polar surface area (TPSA) is 88.8 Å². The number of hydrogen-bond acceptors (Lipinski definition) is 4. The number of carbonyl (C=O) groups excluding carboxylic acids is 1. The number of alkyl carbamates (subject to hydrolysis) is 1. The molecule has 1 atom stereocenters. The number of fused-ring (bicyclic) bond motifs is 3. The first-order valence-electron chi connectivity index (χ1n) is 8.63. The Bertz CT molecular complexity index is 999. The lowest BCUT2D eigenvalue weighted by molar-refractivity contribution is -0.139. The Kier molecular flexibility index (Phi) is 4.92. The lowest BCUT2D eigenvalue weighted by Gasteiger charge is -2.17. The highest BCUT2D eigenvalue weighted by atomic mass is 79.9. The fraction of sp³-hybridized carbons (Fsp3) is 0.143. The van der Waals surface area contributed by atoms with Gasteiger partial charge in [0.15, 0.2) is 10.7 Å². The summed E-state index contributed by atoms with van der Waals surface area (Å²) in [7, 11) is 0. The molecule has 2 N–H and O–H groups in total. The van der Waals surface area contributed by atoms with Gasteiger partial charge >= 0.3 is 12.1 Å². The van der Waals surface area contributed by atoms with E-state index >= 15 is 0 Å². The van der Waals surface area contributed by atoms with Gasteiger partial charge in [-0.1, -0.05) is 48.5 Å². The first kappa shape index (κ1) is 18.3. The van der Waals surface area contributed by atoms with E-state index in [0.717, 1.165) is 22.3 Å². The number of carboxylic acid groups (broad SMARTS) is 1. The monoisotopic (exact) mass is 441 g/mol. The van der Waals surface area contributed by atoms with Gasteiger partial charge in [0.05, 0.1) is 6.26 Å². The Morgan fingerprint density at radius 1 is 1.07 bits per heavy atom. The van der Waals surface area contributed by atoms with Crippen LogP contribution in [0.15, 0.2) is 69.9 Å². The third kappa shape index (κ3) is 3.29. The van der Waals surface area contributed by atoms with Crippen molar-refractivity contribution in [3.63, 3.8) is 0 Å². The number of furan rings is 1. The number of carboxylic acids is 1. The molecule has 0 bridgehead atoms. The number of ether oxygens (including phenoxy) is 1. The number of aliphatic carboxylic acids is 1. The second-order valence-electron chi connectivity index (χ2n) is 6.39. The minimum Gasteiger partial charge on any atom is -0.479 e. The van der Waals surface area contributed by atoms with Crippen LogP contribution in [0.4, 0.5) is 4.79 Å². The Hall–Kier alpha value is -3.06. The molecule has 0 radical (unpaired) electrons. The van der Waals surface area contributed by atoms with E-state index in [1.807, 2.05) is 48.5 Å². The quantitative estimate of drug-likeness (QED) is 0.598. The fourth-order valence-corrected chi connectivity index (χ4v) is 4.01. The minimum atomic E-state index is -1.27. The van der Waals surface area contributed by atoms with Crippen molar-refractivity contribution in [1.82, 2.24) is 5.32 Å². The van der Waals surface area contributed by atoms with Crippen LogP contribution < -0.4 is 5.32 Å². The zero-order chi connectivity index (χ0) is 19.7. The normalized spacial score (nSPS) is 13.5. The van der Waals surface area contributed by atoms with Crippen LogP contribution in [0.25, 0.3) is 11.1 Å². The van der Waals surface area contributed by atoms with Crippen LogP contribution in [-0.4, -0.2) is 23.8 Å². The van der Waals surface area contributed by atoms with Crippen molar-refractivity contribution in [2.75, 3.05) is 6.61 Å². The highest BCUT2D eigenvalue weighted by Crippen LogP contribution is 2.44. The van der Waals surface area contributed by atoms with E-state index in [2.05, 4.69) is 21.2 Å². The Labute approximate surface area is 169 Å². The summed E-state index contributed by atoms with van der Waals surface area (Å²) in [5.41, 5.74) is 4.73. The van der Waals surface area contributed by atoms with Gasteiger partial charge in [0.2, 0.25) is 0 Å². The van der Waals surface area contributed by atoms with Crippen LogP contribution in [0, 0.1) is 0 Å². The second kappa shape index (κ2) is 7.52. The van der Waals surface area contributed by atoms with Gasteiger partial charge in [0.1, 0.15) is 6.61 Å². The molecular formula is C21H16BrNO5. The average molecular weight is 442 g/mol. The van der Waals surface area contributed by atoms with E-state index in [9.17, 15) is 14.7 Å². The molecule has 1 amide bonds. The highest BCUT2D eigenvalue weighted by molar-refractivity contribution is 9.10. The molecule has 1 heterocycles. The molecule has 2 aromatic carbocycles. The summed E-state index contributed by atoms with van der Waals surface area (Å²) in [6.45, 7) is 0.110. The molecule has 1 aliphatic carbocycles. The summed E-state index contributed by atoms with van der Waals surface area (Å²) in [5.74, 6) is -1.31. The molecule has 28 heavy (non-hydrogen) atoms. The van der Waals surface area contributed by atoms with Gasteiger partial charge in [0, 0.05) is 11.5 Å². The molecule has 1 unspecified atom stereocenters. The van der Waals surface area contributed by atoms with Crippen molar-refractivity contribution in [1.29, 1.82) is 0 Å². The molecule has 0 aliphatic heterocycles. The number of benzene rings is 2. The van der Waals surface area contributed by atoms with Crippen molar-refractivity contribution in [2.45, 2.75) is 12.0 Å². The zero-order valence-electron chi connectivity index (χ0n) is 14.6. The summed E-state index contributed by atoms with van der Waals surface area (Å²) >= 11 is 3.13. The molecule has 0 saturated carbocycles. The molecule has 0 fully saturated rings. The average Bonchev–Trinajstić information content (AvgIpc) is 3.25. The maximum atomic E-state index is 12.3. The van der Waals surface area contributed by atoms with Crippen LogP contribution in [-0.2, 0) is 9.53 Å². The first-order chi connectivity index (χ1) is 13.6. The number of rotatable bonds is 5. The van der Waals surface area contributed by atoms with Crippen LogP contribution in [0.5, 0.6) is 0 Å². The number of hydrogen-bond donors (Lipinski definition) is 2. The molecule has 1 aromatic heterocycles. The molecule has 3 aromatic rings. The summed E-state index contributed by atoms with van der Waals surface area (Å²) in [4.78, 5) is 23.8. The zero-order valence-corrected chi connectivity index (χ0v) is 16.2.